The first-order chi connectivity index (χ1) is 21.3. The fourth-order valence-corrected chi connectivity index (χ4v) is 10.2. The number of allylic oxidation sites excluding steroid dienone is 1. The number of rotatable bonds is 17. The van der Waals surface area contributed by atoms with Gasteiger partial charge in [0, 0.05) is 31.6 Å². The van der Waals surface area contributed by atoms with Crippen LogP contribution in [0.5, 0.6) is 0 Å². The zero-order valence-corrected chi connectivity index (χ0v) is 29.0. The minimum Gasteiger partial charge on any atom is -0.481 e. The van der Waals surface area contributed by atoms with Gasteiger partial charge in [0.1, 0.15) is 11.9 Å². The summed E-state index contributed by atoms with van der Waals surface area (Å²) in [6.07, 6.45) is 18.5. The standard InChI is InChI=1S/C39H62O6/c1-26(2)12-11-13-27(3)31-17-18-32-37-33(21-23-39(31,32)5)38(4)22-20-30(24-28(38)25-34(37)41)45-36(44)15-10-8-6-7-9-14-29(40)16-19-35(42)43/h25-27,30-33,37H,6-24H2,1-5H3,(H,42,43)/t27-,30+,31-,32+,33+,37+,38+,39-/m1/s1. The number of hydrogen-bond donors (Lipinski definition) is 1. The van der Waals surface area contributed by atoms with Crippen molar-refractivity contribution in [3.63, 3.8) is 0 Å². The molecule has 0 heterocycles. The second-order valence-electron chi connectivity index (χ2n) is 16.3. The van der Waals surface area contributed by atoms with Crippen LogP contribution in [0.4, 0.5) is 0 Å². The maximum Gasteiger partial charge on any atom is 0.306 e. The highest BCUT2D eigenvalue weighted by molar-refractivity contribution is 5.94. The van der Waals surface area contributed by atoms with Crippen LogP contribution >= 0.6 is 0 Å². The third kappa shape index (κ3) is 8.69. The Hall–Kier alpha value is -1.98. The summed E-state index contributed by atoms with van der Waals surface area (Å²) >= 11 is 0. The molecular formula is C39H62O6. The maximum absolute atomic E-state index is 13.9. The summed E-state index contributed by atoms with van der Waals surface area (Å²) in [6.45, 7) is 12.1. The molecule has 0 unspecified atom stereocenters. The smallest absolute Gasteiger partial charge is 0.306 e. The Morgan fingerprint density at radius 3 is 2.27 bits per heavy atom. The number of unbranched alkanes of at least 4 members (excludes halogenated alkanes) is 4. The molecule has 4 aliphatic rings. The molecule has 0 aliphatic heterocycles. The fraction of sp³-hybridized carbons (Fsp3) is 0.846. The number of Topliss-reactive ketones (excluding diaryl/α,β-unsaturated/α-hetero) is 1. The quantitative estimate of drug-likeness (QED) is 0.128. The van der Waals surface area contributed by atoms with Crippen molar-refractivity contribution >= 4 is 23.5 Å². The van der Waals surface area contributed by atoms with E-state index >= 15 is 0 Å². The largest absolute Gasteiger partial charge is 0.481 e. The third-order valence-electron chi connectivity index (χ3n) is 12.9. The second-order valence-corrected chi connectivity index (χ2v) is 16.3. The normalized spacial score (nSPS) is 33.2. The number of aliphatic carboxylic acids is 1. The van der Waals surface area contributed by atoms with Crippen LogP contribution in [-0.4, -0.2) is 34.7 Å². The maximum atomic E-state index is 13.9. The Kier molecular flexibility index (Phi) is 12.5. The Balaban J connectivity index is 1.23. The van der Waals surface area contributed by atoms with Gasteiger partial charge in [0.25, 0.3) is 0 Å². The summed E-state index contributed by atoms with van der Waals surface area (Å²) in [7, 11) is 0. The van der Waals surface area contributed by atoms with Gasteiger partial charge in [-0.05, 0) is 97.9 Å². The zero-order valence-electron chi connectivity index (χ0n) is 29.0. The number of ketones is 2. The van der Waals surface area contributed by atoms with Crippen LogP contribution in [0.3, 0.4) is 0 Å². The average molecular weight is 627 g/mol. The zero-order chi connectivity index (χ0) is 32.8. The van der Waals surface area contributed by atoms with E-state index in [1.54, 1.807) is 0 Å². The Morgan fingerprint density at radius 2 is 1.56 bits per heavy atom. The van der Waals surface area contributed by atoms with Crippen molar-refractivity contribution in [2.24, 2.45) is 46.3 Å². The van der Waals surface area contributed by atoms with Crippen molar-refractivity contribution in [2.45, 2.75) is 163 Å². The number of carbonyl (C=O) groups is 4. The number of ether oxygens (including phenoxy) is 1. The molecule has 3 fully saturated rings. The molecule has 0 bridgehead atoms. The van der Waals surface area contributed by atoms with E-state index in [-0.39, 0.29) is 47.4 Å². The van der Waals surface area contributed by atoms with Crippen molar-refractivity contribution in [3.8, 4) is 0 Å². The van der Waals surface area contributed by atoms with Crippen LogP contribution in [0.2, 0.25) is 0 Å². The van der Waals surface area contributed by atoms with Crippen LogP contribution in [0.25, 0.3) is 0 Å². The van der Waals surface area contributed by atoms with Crippen LogP contribution in [0.15, 0.2) is 11.6 Å². The molecule has 6 heteroatoms. The molecule has 0 aromatic rings. The number of hydrogen-bond acceptors (Lipinski definition) is 5. The molecule has 0 spiro atoms. The lowest BCUT2D eigenvalue weighted by molar-refractivity contribution is -0.152. The highest BCUT2D eigenvalue weighted by Crippen LogP contribution is 2.66. The first-order valence-corrected chi connectivity index (χ1v) is 18.5. The molecule has 0 aromatic carbocycles. The second kappa shape index (κ2) is 15.7. The van der Waals surface area contributed by atoms with Gasteiger partial charge in [0.15, 0.2) is 5.78 Å². The van der Waals surface area contributed by atoms with Crippen molar-refractivity contribution < 1.29 is 29.0 Å². The van der Waals surface area contributed by atoms with Crippen molar-refractivity contribution in [1.82, 2.24) is 0 Å². The van der Waals surface area contributed by atoms with E-state index in [2.05, 4.69) is 34.6 Å². The monoisotopic (exact) mass is 626 g/mol. The molecule has 4 rings (SSSR count). The van der Waals surface area contributed by atoms with E-state index in [1.807, 2.05) is 6.08 Å². The summed E-state index contributed by atoms with van der Waals surface area (Å²) in [6, 6.07) is 0. The summed E-state index contributed by atoms with van der Waals surface area (Å²) < 4.78 is 5.95. The third-order valence-corrected chi connectivity index (χ3v) is 12.9. The Bertz CT molecular complexity index is 1090. The predicted octanol–water partition coefficient (Wildman–Crippen LogP) is 9.28. The summed E-state index contributed by atoms with van der Waals surface area (Å²) in [5, 5.41) is 8.67. The highest BCUT2D eigenvalue weighted by atomic mass is 16.5. The Morgan fingerprint density at radius 1 is 0.844 bits per heavy atom. The van der Waals surface area contributed by atoms with Gasteiger partial charge in [0.05, 0.1) is 6.42 Å². The fourth-order valence-electron chi connectivity index (χ4n) is 10.2. The first kappa shape index (κ1) is 35.9. The molecule has 45 heavy (non-hydrogen) atoms. The van der Waals surface area contributed by atoms with Crippen molar-refractivity contribution in [2.75, 3.05) is 0 Å². The van der Waals surface area contributed by atoms with Crippen molar-refractivity contribution in [3.05, 3.63) is 11.6 Å². The van der Waals surface area contributed by atoms with E-state index in [4.69, 9.17) is 9.84 Å². The van der Waals surface area contributed by atoms with Crippen LogP contribution in [0, 0.1) is 46.3 Å². The number of fused-ring (bicyclic) bond motifs is 5. The van der Waals surface area contributed by atoms with Gasteiger partial charge >= 0.3 is 11.9 Å². The van der Waals surface area contributed by atoms with Gasteiger partial charge in [-0.25, -0.2) is 0 Å². The molecule has 1 N–H and O–H groups in total. The van der Waals surface area contributed by atoms with Crippen LogP contribution < -0.4 is 0 Å². The van der Waals surface area contributed by atoms with E-state index in [1.165, 1.54) is 44.1 Å². The molecular weight excluding hydrogens is 564 g/mol. The SMILES string of the molecule is CC(C)CCC[C@@H](C)[C@H]1CC[C@H]2[C@@H]3C(=O)C=C4C[C@@H](OC(=O)CCCCCCCC(=O)CCC(=O)O)CC[C@]4(C)[C@H]3CC[C@]12C. The average Bonchev–Trinajstić information content (AvgIpc) is 3.33. The van der Waals surface area contributed by atoms with Gasteiger partial charge in [0.2, 0.25) is 0 Å². The van der Waals surface area contributed by atoms with E-state index in [0.717, 1.165) is 69.1 Å². The van der Waals surface area contributed by atoms with Gasteiger partial charge in [-0.1, -0.05) is 78.7 Å². The van der Waals surface area contributed by atoms with Crippen LogP contribution in [0.1, 0.15) is 157 Å². The van der Waals surface area contributed by atoms with Crippen molar-refractivity contribution in [1.29, 1.82) is 0 Å². The van der Waals surface area contributed by atoms with Crippen LogP contribution in [-0.2, 0) is 23.9 Å². The highest BCUT2D eigenvalue weighted by Gasteiger charge is 2.61. The first-order valence-electron chi connectivity index (χ1n) is 18.5. The molecule has 254 valence electrons. The minimum absolute atomic E-state index is 0.0153. The minimum atomic E-state index is -0.929. The van der Waals surface area contributed by atoms with E-state index < -0.39 is 5.97 Å². The molecule has 0 radical (unpaired) electrons. The lowest BCUT2D eigenvalue weighted by Crippen LogP contribution is -2.53. The lowest BCUT2D eigenvalue weighted by atomic mass is 9.46. The lowest BCUT2D eigenvalue weighted by Gasteiger charge is -2.57. The number of carboxylic acids is 1. The van der Waals surface area contributed by atoms with E-state index in [0.29, 0.717) is 36.9 Å². The molecule has 0 aromatic heterocycles. The Labute approximate surface area is 272 Å². The topological polar surface area (TPSA) is 97.7 Å². The summed E-state index contributed by atoms with van der Waals surface area (Å²) in [4.78, 5) is 48.8. The molecule has 4 aliphatic carbocycles. The number of esters is 1. The number of carbonyl (C=O) groups excluding carboxylic acids is 3. The van der Waals surface area contributed by atoms with Gasteiger partial charge in [-0.2, -0.15) is 0 Å². The molecule has 6 nitrogen and oxygen atoms in total. The summed E-state index contributed by atoms with van der Waals surface area (Å²) in [5.41, 5.74) is 1.55. The number of carboxylic acid groups (broad SMARTS) is 1. The van der Waals surface area contributed by atoms with Gasteiger partial charge in [-0.3, -0.25) is 19.2 Å². The van der Waals surface area contributed by atoms with Gasteiger partial charge < -0.3 is 9.84 Å². The predicted molar refractivity (Wildman–Crippen MR) is 178 cm³/mol. The molecule has 8 atom stereocenters. The van der Waals surface area contributed by atoms with E-state index in [9.17, 15) is 19.2 Å². The molecule has 3 saturated carbocycles. The molecule has 0 saturated heterocycles. The summed E-state index contributed by atoms with van der Waals surface area (Å²) in [5.74, 6) is 2.62. The van der Waals surface area contributed by atoms with Gasteiger partial charge in [-0.15, -0.1) is 0 Å². The molecule has 0 amide bonds.